The van der Waals surface area contributed by atoms with E-state index in [1.165, 1.54) is 7.11 Å². The van der Waals surface area contributed by atoms with E-state index in [-0.39, 0.29) is 6.79 Å². The lowest BCUT2D eigenvalue weighted by Crippen LogP contribution is -2.27. The van der Waals surface area contributed by atoms with Gasteiger partial charge in [0, 0.05) is 7.11 Å². The highest BCUT2D eigenvalue weighted by Gasteiger charge is 2.21. The molecule has 0 fully saturated rings. The Balaban J connectivity index is 3.87. The molecule has 0 amide bonds. The fourth-order valence-electron chi connectivity index (χ4n) is 0.526. The number of carboxylic acids is 2. The summed E-state index contributed by atoms with van der Waals surface area (Å²) in [4.78, 5) is 20.4. The van der Waals surface area contributed by atoms with Crippen LogP contribution < -0.4 is 0 Å². The summed E-state index contributed by atoms with van der Waals surface area (Å²) in [6.45, 7) is -0.232. The first-order chi connectivity index (χ1) is 5.57. The predicted molar refractivity (Wildman–Crippen MR) is 36.6 cm³/mol. The van der Waals surface area contributed by atoms with Crippen LogP contribution in [0, 0.1) is 0 Å². The Kier molecular flexibility index (Phi) is 4.98. The predicted octanol–water partition coefficient (Wildman–Crippen LogP) is -0.465. The second-order valence-electron chi connectivity index (χ2n) is 2.00. The largest absolute Gasteiger partial charge is 0.481 e. The summed E-state index contributed by atoms with van der Waals surface area (Å²) >= 11 is 0. The van der Waals surface area contributed by atoms with Gasteiger partial charge >= 0.3 is 11.9 Å². The van der Waals surface area contributed by atoms with Crippen LogP contribution >= 0.6 is 0 Å². The van der Waals surface area contributed by atoms with Gasteiger partial charge in [0.15, 0.2) is 6.10 Å². The Hall–Kier alpha value is -1.14. The summed E-state index contributed by atoms with van der Waals surface area (Å²) < 4.78 is 8.99. The minimum atomic E-state index is -1.34. The first-order valence-electron chi connectivity index (χ1n) is 3.13. The van der Waals surface area contributed by atoms with E-state index < -0.39 is 24.5 Å². The van der Waals surface area contributed by atoms with E-state index in [1.807, 2.05) is 0 Å². The highest BCUT2D eigenvalue weighted by molar-refractivity contribution is 5.79. The summed E-state index contributed by atoms with van der Waals surface area (Å²) in [7, 11) is 1.32. The molecule has 0 aromatic heterocycles. The number of methoxy groups -OCH3 is 1. The Labute approximate surface area is 68.7 Å². The van der Waals surface area contributed by atoms with E-state index in [4.69, 9.17) is 10.2 Å². The average molecular weight is 178 g/mol. The minimum absolute atomic E-state index is 0.232. The molecule has 0 aliphatic heterocycles. The van der Waals surface area contributed by atoms with Crippen molar-refractivity contribution >= 4 is 11.9 Å². The third-order valence-electron chi connectivity index (χ3n) is 1.02. The Bertz CT molecular complexity index is 165. The lowest BCUT2D eigenvalue weighted by Gasteiger charge is -2.09. The van der Waals surface area contributed by atoms with Crippen LogP contribution in [0.15, 0.2) is 0 Å². The van der Waals surface area contributed by atoms with Crippen molar-refractivity contribution in [2.75, 3.05) is 13.9 Å². The zero-order chi connectivity index (χ0) is 9.56. The fraction of sp³-hybridized carbons (Fsp3) is 0.667. The second-order valence-corrected chi connectivity index (χ2v) is 2.00. The number of rotatable bonds is 6. The topological polar surface area (TPSA) is 93.1 Å². The smallest absolute Gasteiger partial charge is 0.333 e. The molecule has 0 rings (SSSR count). The van der Waals surface area contributed by atoms with E-state index in [0.717, 1.165) is 0 Å². The summed E-state index contributed by atoms with van der Waals surface area (Å²) in [6, 6.07) is 0. The van der Waals surface area contributed by atoms with Crippen molar-refractivity contribution < 1.29 is 29.3 Å². The zero-order valence-electron chi connectivity index (χ0n) is 6.52. The number of carbonyl (C=O) groups is 2. The summed E-state index contributed by atoms with van der Waals surface area (Å²) in [5.41, 5.74) is 0. The van der Waals surface area contributed by atoms with E-state index in [9.17, 15) is 9.59 Å². The summed E-state index contributed by atoms with van der Waals surface area (Å²) in [6.07, 6.45) is -1.92. The second kappa shape index (κ2) is 5.50. The van der Waals surface area contributed by atoms with Crippen molar-refractivity contribution in [1.82, 2.24) is 0 Å². The minimum Gasteiger partial charge on any atom is -0.481 e. The molecule has 1 atom stereocenters. The first kappa shape index (κ1) is 10.9. The van der Waals surface area contributed by atoms with Gasteiger partial charge in [-0.1, -0.05) is 0 Å². The van der Waals surface area contributed by atoms with Crippen molar-refractivity contribution in [3.63, 3.8) is 0 Å². The molecular formula is C6H10O6. The number of hydrogen-bond donors (Lipinski definition) is 2. The highest BCUT2D eigenvalue weighted by Crippen LogP contribution is 1.98. The Morgan fingerprint density at radius 2 is 2.00 bits per heavy atom. The van der Waals surface area contributed by atoms with Gasteiger partial charge in [0.05, 0.1) is 6.42 Å². The van der Waals surface area contributed by atoms with Crippen LogP contribution in [0.1, 0.15) is 6.42 Å². The molecule has 70 valence electrons. The van der Waals surface area contributed by atoms with Gasteiger partial charge in [-0.15, -0.1) is 0 Å². The molecule has 0 saturated heterocycles. The zero-order valence-corrected chi connectivity index (χ0v) is 6.52. The maximum atomic E-state index is 10.3. The van der Waals surface area contributed by atoms with Gasteiger partial charge in [0.25, 0.3) is 0 Å². The van der Waals surface area contributed by atoms with E-state index >= 15 is 0 Å². The fourth-order valence-corrected chi connectivity index (χ4v) is 0.526. The Morgan fingerprint density at radius 1 is 1.42 bits per heavy atom. The monoisotopic (exact) mass is 178 g/mol. The van der Waals surface area contributed by atoms with Crippen LogP contribution in [0.2, 0.25) is 0 Å². The summed E-state index contributed by atoms with van der Waals surface area (Å²) in [5, 5.41) is 16.7. The Morgan fingerprint density at radius 3 is 2.33 bits per heavy atom. The maximum absolute atomic E-state index is 10.3. The van der Waals surface area contributed by atoms with Gasteiger partial charge in [-0.25, -0.2) is 4.79 Å². The maximum Gasteiger partial charge on any atom is 0.333 e. The van der Waals surface area contributed by atoms with Crippen LogP contribution in [0.4, 0.5) is 0 Å². The number of aliphatic carboxylic acids is 2. The normalized spacial score (nSPS) is 12.4. The molecular weight excluding hydrogens is 168 g/mol. The molecule has 0 bridgehead atoms. The van der Waals surface area contributed by atoms with E-state index in [2.05, 4.69) is 9.47 Å². The SMILES string of the molecule is COCO[C@H](CC(=O)O)C(=O)O. The van der Waals surface area contributed by atoms with Gasteiger partial charge in [0.1, 0.15) is 6.79 Å². The van der Waals surface area contributed by atoms with Crippen molar-refractivity contribution in [2.24, 2.45) is 0 Å². The van der Waals surface area contributed by atoms with Gasteiger partial charge in [-0.2, -0.15) is 0 Å². The van der Waals surface area contributed by atoms with Crippen molar-refractivity contribution in [3.05, 3.63) is 0 Å². The molecule has 0 saturated carbocycles. The lowest BCUT2D eigenvalue weighted by atomic mass is 10.2. The molecule has 0 radical (unpaired) electrons. The van der Waals surface area contributed by atoms with Crippen LogP contribution in [0.25, 0.3) is 0 Å². The molecule has 0 aliphatic rings. The molecule has 0 spiro atoms. The number of carboxylic acid groups (broad SMARTS) is 2. The third kappa shape index (κ3) is 4.64. The van der Waals surface area contributed by atoms with Crippen molar-refractivity contribution in [3.8, 4) is 0 Å². The van der Waals surface area contributed by atoms with Crippen LogP contribution in [0.5, 0.6) is 0 Å². The molecule has 0 unspecified atom stereocenters. The quantitative estimate of drug-likeness (QED) is 0.534. The van der Waals surface area contributed by atoms with Gasteiger partial charge < -0.3 is 19.7 Å². The van der Waals surface area contributed by atoms with Crippen LogP contribution in [0.3, 0.4) is 0 Å². The van der Waals surface area contributed by atoms with Crippen LogP contribution in [-0.2, 0) is 19.1 Å². The van der Waals surface area contributed by atoms with Gasteiger partial charge in [-0.05, 0) is 0 Å². The van der Waals surface area contributed by atoms with Gasteiger partial charge in [-0.3, -0.25) is 4.79 Å². The van der Waals surface area contributed by atoms with Crippen molar-refractivity contribution in [2.45, 2.75) is 12.5 Å². The molecule has 12 heavy (non-hydrogen) atoms. The molecule has 0 aromatic carbocycles. The molecule has 6 heteroatoms. The van der Waals surface area contributed by atoms with E-state index in [0.29, 0.717) is 0 Å². The van der Waals surface area contributed by atoms with Crippen LogP contribution in [-0.4, -0.2) is 42.2 Å². The molecule has 0 aliphatic carbocycles. The average Bonchev–Trinajstić information content (AvgIpc) is 1.96. The lowest BCUT2D eigenvalue weighted by molar-refractivity contribution is -0.164. The van der Waals surface area contributed by atoms with E-state index in [1.54, 1.807) is 0 Å². The third-order valence-corrected chi connectivity index (χ3v) is 1.02. The van der Waals surface area contributed by atoms with Crippen molar-refractivity contribution in [1.29, 1.82) is 0 Å². The highest BCUT2D eigenvalue weighted by atomic mass is 16.7. The standard InChI is InChI=1S/C6H10O6/c1-11-3-12-4(6(9)10)2-5(7)8/h4H,2-3H2,1H3,(H,7,8)(H,9,10)/t4-/m1/s1. The molecule has 2 N–H and O–H groups in total. The number of ether oxygens (including phenoxy) is 2. The first-order valence-corrected chi connectivity index (χ1v) is 3.13. The summed E-state index contributed by atoms with van der Waals surface area (Å²) in [5.74, 6) is -2.53. The molecule has 0 heterocycles. The molecule has 0 aromatic rings. The number of hydrogen-bond acceptors (Lipinski definition) is 4. The van der Waals surface area contributed by atoms with Gasteiger partial charge in [0.2, 0.25) is 0 Å². The molecule has 6 nitrogen and oxygen atoms in total.